The van der Waals surface area contributed by atoms with Crippen molar-refractivity contribution in [2.45, 2.75) is 31.7 Å². The van der Waals surface area contributed by atoms with Crippen LogP contribution in [0.25, 0.3) is 0 Å². The van der Waals surface area contributed by atoms with Gasteiger partial charge >= 0.3 is 0 Å². The van der Waals surface area contributed by atoms with Crippen molar-refractivity contribution >= 4 is 6.29 Å². The summed E-state index contributed by atoms with van der Waals surface area (Å²) in [6, 6.07) is 0. The highest BCUT2D eigenvalue weighted by Crippen LogP contribution is 2.45. The first kappa shape index (κ1) is 7.29. The van der Waals surface area contributed by atoms with Crippen LogP contribution in [-0.4, -0.2) is 29.8 Å². The predicted octanol–water partition coefficient (Wildman–Crippen LogP) is 1.06. The molecular formula is C9H15NO. The highest BCUT2D eigenvalue weighted by atomic mass is 16.1. The molecule has 1 aliphatic carbocycles. The molecule has 0 amide bonds. The maximum atomic E-state index is 10.3. The molecule has 0 spiro atoms. The molecule has 62 valence electrons. The molecule has 2 nitrogen and oxygen atoms in total. The highest BCUT2D eigenvalue weighted by molar-refractivity contribution is 5.52. The van der Waals surface area contributed by atoms with Gasteiger partial charge in [0.05, 0.1) is 6.54 Å². The largest absolute Gasteiger partial charge is 0.302 e. The Kier molecular flexibility index (Phi) is 1.53. The van der Waals surface area contributed by atoms with Gasteiger partial charge in [0.1, 0.15) is 6.29 Å². The van der Waals surface area contributed by atoms with Crippen LogP contribution in [0, 0.1) is 5.92 Å². The van der Waals surface area contributed by atoms with Gasteiger partial charge in [-0.15, -0.1) is 0 Å². The van der Waals surface area contributed by atoms with Crippen molar-refractivity contribution in [2.24, 2.45) is 5.92 Å². The van der Waals surface area contributed by atoms with Crippen molar-refractivity contribution in [3.05, 3.63) is 0 Å². The van der Waals surface area contributed by atoms with E-state index in [0.29, 0.717) is 12.1 Å². The van der Waals surface area contributed by atoms with Crippen molar-refractivity contribution in [3.63, 3.8) is 0 Å². The quantitative estimate of drug-likeness (QED) is 0.553. The smallest absolute Gasteiger partial charge is 0.133 e. The summed E-state index contributed by atoms with van der Waals surface area (Å²) < 4.78 is 0. The number of hydrogen-bond donors (Lipinski definition) is 0. The number of carbonyl (C=O) groups is 1. The first-order valence-corrected chi connectivity index (χ1v) is 4.43. The van der Waals surface area contributed by atoms with E-state index in [2.05, 4.69) is 11.8 Å². The minimum absolute atomic E-state index is 0.381. The molecule has 2 aliphatic rings. The number of piperidine rings is 1. The fraction of sp³-hybridized carbons (Fsp3) is 0.889. The Morgan fingerprint density at radius 2 is 2.55 bits per heavy atom. The summed E-state index contributed by atoms with van der Waals surface area (Å²) in [6.45, 7) is 4.10. The normalized spacial score (nSPS) is 43.2. The lowest BCUT2D eigenvalue weighted by Gasteiger charge is -2.34. The molecule has 2 fully saturated rings. The zero-order valence-electron chi connectivity index (χ0n) is 7.05. The fourth-order valence-electron chi connectivity index (χ4n) is 2.70. The Hall–Kier alpha value is -0.370. The molecule has 2 rings (SSSR count). The lowest BCUT2D eigenvalue weighted by atomic mass is 10.0. The molecule has 0 aromatic heterocycles. The van der Waals surface area contributed by atoms with Crippen LogP contribution in [0.3, 0.4) is 0 Å². The third kappa shape index (κ3) is 1.00. The monoisotopic (exact) mass is 153 g/mol. The summed E-state index contributed by atoms with van der Waals surface area (Å²) in [5.41, 5.74) is 0.381. The summed E-state index contributed by atoms with van der Waals surface area (Å²) in [5.74, 6) is 0.889. The van der Waals surface area contributed by atoms with E-state index in [9.17, 15) is 4.79 Å². The summed E-state index contributed by atoms with van der Waals surface area (Å²) in [4.78, 5) is 12.7. The minimum atomic E-state index is 0.381. The Bertz CT molecular complexity index is 180. The second-order valence-corrected chi connectivity index (χ2v) is 4.18. The molecule has 1 heterocycles. The summed E-state index contributed by atoms with van der Waals surface area (Å²) in [6.07, 6.45) is 5.03. The Labute approximate surface area is 67.6 Å². The molecule has 0 aromatic rings. The van der Waals surface area contributed by atoms with Crippen LogP contribution in [0.15, 0.2) is 0 Å². The number of rotatable bonds is 2. The van der Waals surface area contributed by atoms with E-state index in [1.54, 1.807) is 0 Å². The molecule has 0 radical (unpaired) electrons. The van der Waals surface area contributed by atoms with Gasteiger partial charge in [-0.05, 0) is 32.1 Å². The number of nitrogens with zero attached hydrogens (tertiary/aromatic N) is 1. The molecule has 2 unspecified atom stereocenters. The van der Waals surface area contributed by atoms with Gasteiger partial charge in [0.25, 0.3) is 0 Å². The van der Waals surface area contributed by atoms with Gasteiger partial charge in [0, 0.05) is 12.1 Å². The van der Waals surface area contributed by atoms with Gasteiger partial charge in [0.2, 0.25) is 0 Å². The van der Waals surface area contributed by atoms with E-state index in [0.717, 1.165) is 18.7 Å². The molecule has 1 saturated heterocycles. The van der Waals surface area contributed by atoms with Gasteiger partial charge in [-0.25, -0.2) is 0 Å². The average molecular weight is 153 g/mol. The zero-order chi connectivity index (χ0) is 7.90. The fourth-order valence-corrected chi connectivity index (χ4v) is 2.70. The average Bonchev–Trinajstić information content (AvgIpc) is 2.44. The molecule has 1 saturated carbocycles. The van der Waals surface area contributed by atoms with Crippen LogP contribution < -0.4 is 0 Å². The number of likely N-dealkylation sites (tertiary alicyclic amines) is 1. The number of aldehydes is 1. The van der Waals surface area contributed by atoms with Crippen molar-refractivity contribution in [1.82, 2.24) is 4.90 Å². The zero-order valence-corrected chi connectivity index (χ0v) is 7.05. The first-order chi connectivity index (χ1) is 5.24. The van der Waals surface area contributed by atoms with Crippen molar-refractivity contribution in [2.75, 3.05) is 13.1 Å². The highest BCUT2D eigenvalue weighted by Gasteiger charge is 2.46. The Morgan fingerprint density at radius 3 is 3.00 bits per heavy atom. The summed E-state index contributed by atoms with van der Waals surface area (Å²) >= 11 is 0. The first-order valence-electron chi connectivity index (χ1n) is 4.43. The lowest BCUT2D eigenvalue weighted by Crippen LogP contribution is -2.42. The predicted molar refractivity (Wildman–Crippen MR) is 43.4 cm³/mol. The molecule has 1 aliphatic heterocycles. The van der Waals surface area contributed by atoms with Crippen LogP contribution in [0.5, 0.6) is 0 Å². The van der Waals surface area contributed by atoms with Crippen molar-refractivity contribution < 1.29 is 4.79 Å². The second-order valence-electron chi connectivity index (χ2n) is 4.18. The van der Waals surface area contributed by atoms with E-state index in [1.807, 2.05) is 0 Å². The molecule has 2 heteroatoms. The minimum Gasteiger partial charge on any atom is -0.302 e. The van der Waals surface area contributed by atoms with E-state index in [-0.39, 0.29) is 0 Å². The molecule has 11 heavy (non-hydrogen) atoms. The van der Waals surface area contributed by atoms with Crippen LogP contribution in [0.1, 0.15) is 26.2 Å². The summed E-state index contributed by atoms with van der Waals surface area (Å²) in [7, 11) is 0. The van der Waals surface area contributed by atoms with Crippen molar-refractivity contribution in [3.8, 4) is 0 Å². The topological polar surface area (TPSA) is 20.3 Å². The van der Waals surface area contributed by atoms with Crippen LogP contribution in [0.4, 0.5) is 0 Å². The van der Waals surface area contributed by atoms with Crippen LogP contribution in [-0.2, 0) is 4.79 Å². The third-order valence-corrected chi connectivity index (χ3v) is 3.36. The maximum absolute atomic E-state index is 10.3. The van der Waals surface area contributed by atoms with Crippen LogP contribution in [0.2, 0.25) is 0 Å². The summed E-state index contributed by atoms with van der Waals surface area (Å²) in [5, 5.41) is 0. The van der Waals surface area contributed by atoms with E-state index in [4.69, 9.17) is 0 Å². The van der Waals surface area contributed by atoms with Gasteiger partial charge in [-0.3, -0.25) is 4.90 Å². The van der Waals surface area contributed by atoms with Gasteiger partial charge in [-0.1, -0.05) is 0 Å². The molecule has 2 atom stereocenters. The molecule has 2 bridgehead atoms. The van der Waals surface area contributed by atoms with E-state index < -0.39 is 0 Å². The molecular weight excluding hydrogens is 138 g/mol. The van der Waals surface area contributed by atoms with Gasteiger partial charge in [0.15, 0.2) is 0 Å². The Balaban J connectivity index is 2.08. The third-order valence-electron chi connectivity index (χ3n) is 3.36. The number of fused-ring (bicyclic) bond motifs is 2. The van der Waals surface area contributed by atoms with Gasteiger partial charge < -0.3 is 4.79 Å². The Morgan fingerprint density at radius 1 is 1.73 bits per heavy atom. The van der Waals surface area contributed by atoms with Gasteiger partial charge in [-0.2, -0.15) is 0 Å². The van der Waals surface area contributed by atoms with E-state index in [1.165, 1.54) is 19.3 Å². The molecule has 0 aromatic carbocycles. The maximum Gasteiger partial charge on any atom is 0.133 e. The van der Waals surface area contributed by atoms with Crippen LogP contribution >= 0.6 is 0 Å². The SMILES string of the molecule is CC12CCC(CN1CC=O)C2. The standard InChI is InChI=1S/C9H15NO/c1-9-3-2-8(6-9)7-10(9)4-5-11/h5,8H,2-4,6-7H2,1H3. The number of hydrogen-bond acceptors (Lipinski definition) is 2. The number of carbonyl (C=O) groups excluding carboxylic acids is 1. The lowest BCUT2D eigenvalue weighted by molar-refractivity contribution is -0.109. The van der Waals surface area contributed by atoms with Crippen molar-refractivity contribution in [1.29, 1.82) is 0 Å². The second kappa shape index (κ2) is 2.31. The molecule has 0 N–H and O–H groups in total. The van der Waals surface area contributed by atoms with E-state index >= 15 is 0 Å².